The summed E-state index contributed by atoms with van der Waals surface area (Å²) < 4.78 is 0. The first-order chi connectivity index (χ1) is 8.16. The van der Waals surface area contributed by atoms with Crippen LogP contribution >= 0.6 is 11.6 Å². The maximum absolute atomic E-state index is 12.1. The van der Waals surface area contributed by atoms with E-state index < -0.39 is 0 Å². The zero-order chi connectivity index (χ0) is 12.3. The largest absolute Gasteiger partial charge is 0.300 e. The third-order valence-corrected chi connectivity index (χ3v) is 3.66. The van der Waals surface area contributed by atoms with Gasteiger partial charge in [0.25, 0.3) is 0 Å². The molecule has 1 aliphatic rings. The van der Waals surface area contributed by atoms with E-state index in [1.165, 1.54) is 12.8 Å². The molecule has 3 heteroatoms. The lowest BCUT2D eigenvalue weighted by atomic mass is 10.0. The monoisotopic (exact) mass is 251 g/mol. The van der Waals surface area contributed by atoms with Crippen LogP contribution in [0.5, 0.6) is 0 Å². The fraction of sp³-hybridized carbons (Fsp3) is 0.500. The Bertz CT molecular complexity index is 382. The molecule has 0 radical (unpaired) electrons. The number of hydrogen-bond donors (Lipinski definition) is 0. The predicted octanol–water partition coefficient (Wildman–Crippen LogP) is 3.40. The minimum absolute atomic E-state index is 0.209. The van der Waals surface area contributed by atoms with Crippen molar-refractivity contribution in [2.24, 2.45) is 0 Å². The number of carbonyl (C=O) groups excluding carboxylic acids is 1. The van der Waals surface area contributed by atoms with E-state index in [4.69, 9.17) is 11.6 Å². The molecule has 2 nitrogen and oxygen atoms in total. The van der Waals surface area contributed by atoms with Crippen LogP contribution in [-0.2, 0) is 0 Å². The maximum Gasteiger partial charge on any atom is 0.164 e. The van der Waals surface area contributed by atoms with E-state index in [0.29, 0.717) is 17.5 Å². The highest BCUT2D eigenvalue weighted by molar-refractivity contribution is 6.30. The summed E-state index contributed by atoms with van der Waals surface area (Å²) in [6.07, 6.45) is 3.13. The average molecular weight is 252 g/mol. The standard InChI is InChI=1S/C14H18ClNO/c1-11(16-8-2-3-9-16)10-14(17)12-4-6-13(15)7-5-12/h4-7,11H,2-3,8-10H2,1H3. The summed E-state index contributed by atoms with van der Waals surface area (Å²) in [5.41, 5.74) is 0.764. The van der Waals surface area contributed by atoms with E-state index in [-0.39, 0.29) is 5.78 Å². The zero-order valence-corrected chi connectivity index (χ0v) is 10.9. The van der Waals surface area contributed by atoms with Gasteiger partial charge in [0.2, 0.25) is 0 Å². The van der Waals surface area contributed by atoms with Crippen molar-refractivity contribution in [1.82, 2.24) is 4.90 Å². The van der Waals surface area contributed by atoms with Gasteiger partial charge in [-0.05, 0) is 57.1 Å². The molecule has 92 valence electrons. The molecule has 0 amide bonds. The van der Waals surface area contributed by atoms with Crippen molar-refractivity contribution in [2.45, 2.75) is 32.2 Å². The summed E-state index contributed by atoms with van der Waals surface area (Å²) >= 11 is 5.81. The Morgan fingerprint density at radius 3 is 2.47 bits per heavy atom. The summed E-state index contributed by atoms with van der Waals surface area (Å²) in [5, 5.41) is 0.675. The maximum atomic E-state index is 12.1. The number of hydrogen-bond acceptors (Lipinski definition) is 2. The first-order valence-corrected chi connectivity index (χ1v) is 6.57. The smallest absolute Gasteiger partial charge is 0.164 e. The van der Waals surface area contributed by atoms with Gasteiger partial charge in [-0.15, -0.1) is 0 Å². The Morgan fingerprint density at radius 1 is 1.29 bits per heavy atom. The molecule has 0 bridgehead atoms. The second-order valence-corrected chi connectivity index (χ2v) is 5.16. The normalized spacial score (nSPS) is 18.2. The number of rotatable bonds is 4. The van der Waals surface area contributed by atoms with Gasteiger partial charge in [-0.3, -0.25) is 4.79 Å². The van der Waals surface area contributed by atoms with Crippen LogP contribution < -0.4 is 0 Å². The van der Waals surface area contributed by atoms with Gasteiger partial charge in [-0.1, -0.05) is 11.6 Å². The molecule has 1 atom stereocenters. The van der Waals surface area contributed by atoms with Crippen molar-refractivity contribution in [3.05, 3.63) is 34.9 Å². The lowest BCUT2D eigenvalue weighted by Crippen LogP contribution is -2.32. The molecule has 0 spiro atoms. The van der Waals surface area contributed by atoms with Gasteiger partial charge in [-0.25, -0.2) is 0 Å². The summed E-state index contributed by atoms with van der Waals surface area (Å²) in [4.78, 5) is 14.4. The molecule has 0 saturated carbocycles. The van der Waals surface area contributed by atoms with Gasteiger partial charge in [0.1, 0.15) is 0 Å². The highest BCUT2D eigenvalue weighted by Crippen LogP contribution is 2.17. The second kappa shape index (κ2) is 5.65. The first kappa shape index (κ1) is 12.6. The van der Waals surface area contributed by atoms with Crippen LogP contribution in [0.25, 0.3) is 0 Å². The van der Waals surface area contributed by atoms with Crippen molar-refractivity contribution in [1.29, 1.82) is 0 Å². The van der Waals surface area contributed by atoms with E-state index in [9.17, 15) is 4.79 Å². The Hall–Kier alpha value is -0.860. The fourth-order valence-electron chi connectivity index (χ4n) is 2.33. The lowest BCUT2D eigenvalue weighted by molar-refractivity contribution is 0.0941. The van der Waals surface area contributed by atoms with Crippen LogP contribution in [0.1, 0.15) is 36.5 Å². The third kappa shape index (κ3) is 3.30. The number of likely N-dealkylation sites (tertiary alicyclic amines) is 1. The van der Waals surface area contributed by atoms with E-state index in [2.05, 4.69) is 11.8 Å². The zero-order valence-electron chi connectivity index (χ0n) is 10.2. The van der Waals surface area contributed by atoms with Gasteiger partial charge < -0.3 is 4.90 Å². The van der Waals surface area contributed by atoms with E-state index in [1.807, 2.05) is 0 Å². The third-order valence-electron chi connectivity index (χ3n) is 3.41. The van der Waals surface area contributed by atoms with E-state index >= 15 is 0 Å². The molecular weight excluding hydrogens is 234 g/mol. The number of nitrogens with zero attached hydrogens (tertiary/aromatic N) is 1. The molecule has 0 aromatic heterocycles. The first-order valence-electron chi connectivity index (χ1n) is 6.19. The Labute approximate surface area is 108 Å². The van der Waals surface area contributed by atoms with Crippen molar-refractivity contribution >= 4 is 17.4 Å². The molecule has 1 fully saturated rings. The minimum Gasteiger partial charge on any atom is -0.300 e. The van der Waals surface area contributed by atoms with Gasteiger partial charge in [0, 0.05) is 23.0 Å². The molecule has 0 aliphatic carbocycles. The number of carbonyl (C=O) groups is 1. The number of halogens is 1. The molecule has 1 heterocycles. The molecule has 17 heavy (non-hydrogen) atoms. The fourth-order valence-corrected chi connectivity index (χ4v) is 2.46. The predicted molar refractivity (Wildman–Crippen MR) is 70.7 cm³/mol. The summed E-state index contributed by atoms with van der Waals surface area (Å²) in [7, 11) is 0. The molecular formula is C14H18ClNO. The quantitative estimate of drug-likeness (QED) is 0.765. The molecule has 1 aliphatic heterocycles. The van der Waals surface area contributed by atoms with Gasteiger partial charge >= 0.3 is 0 Å². The Morgan fingerprint density at radius 2 is 1.88 bits per heavy atom. The second-order valence-electron chi connectivity index (χ2n) is 4.73. The molecule has 2 rings (SSSR count). The molecule has 1 saturated heterocycles. The van der Waals surface area contributed by atoms with Gasteiger partial charge in [0.15, 0.2) is 5.78 Å². The topological polar surface area (TPSA) is 20.3 Å². The van der Waals surface area contributed by atoms with Crippen LogP contribution in [-0.4, -0.2) is 29.8 Å². The Kier molecular flexibility index (Phi) is 4.19. The molecule has 1 aromatic rings. The van der Waals surface area contributed by atoms with Crippen LogP contribution in [0, 0.1) is 0 Å². The Balaban J connectivity index is 1.94. The van der Waals surface area contributed by atoms with E-state index in [0.717, 1.165) is 18.7 Å². The van der Waals surface area contributed by atoms with Crippen molar-refractivity contribution in [2.75, 3.05) is 13.1 Å². The van der Waals surface area contributed by atoms with Crippen LogP contribution in [0.3, 0.4) is 0 Å². The molecule has 1 aromatic carbocycles. The number of ketones is 1. The SMILES string of the molecule is CC(CC(=O)c1ccc(Cl)cc1)N1CCCC1. The average Bonchev–Trinajstić information content (AvgIpc) is 2.83. The summed E-state index contributed by atoms with van der Waals surface area (Å²) in [6, 6.07) is 7.51. The summed E-state index contributed by atoms with van der Waals surface area (Å²) in [6.45, 7) is 4.41. The molecule has 1 unspecified atom stereocenters. The van der Waals surface area contributed by atoms with Crippen LogP contribution in [0.15, 0.2) is 24.3 Å². The minimum atomic E-state index is 0.209. The van der Waals surface area contributed by atoms with Gasteiger partial charge in [0.05, 0.1) is 0 Å². The van der Waals surface area contributed by atoms with Crippen LogP contribution in [0.4, 0.5) is 0 Å². The highest BCUT2D eigenvalue weighted by Gasteiger charge is 2.20. The lowest BCUT2D eigenvalue weighted by Gasteiger charge is -2.22. The van der Waals surface area contributed by atoms with E-state index in [1.54, 1.807) is 24.3 Å². The van der Waals surface area contributed by atoms with Crippen molar-refractivity contribution < 1.29 is 4.79 Å². The number of Topliss-reactive ketones (excluding diaryl/α,β-unsaturated/α-hetero) is 1. The highest BCUT2D eigenvalue weighted by atomic mass is 35.5. The molecule has 0 N–H and O–H groups in total. The van der Waals surface area contributed by atoms with Crippen molar-refractivity contribution in [3.63, 3.8) is 0 Å². The number of benzene rings is 1. The van der Waals surface area contributed by atoms with Crippen LogP contribution in [0.2, 0.25) is 5.02 Å². The van der Waals surface area contributed by atoms with Crippen molar-refractivity contribution in [3.8, 4) is 0 Å². The summed E-state index contributed by atoms with van der Waals surface area (Å²) in [5.74, 6) is 0.209. The van der Waals surface area contributed by atoms with Gasteiger partial charge in [-0.2, -0.15) is 0 Å².